The fraction of sp³-hybridized carbons (Fsp3) is 0.200. The van der Waals surface area contributed by atoms with Crippen molar-refractivity contribution < 1.29 is 9.21 Å². The Morgan fingerprint density at radius 3 is 2.53 bits per heavy atom. The van der Waals surface area contributed by atoms with Crippen molar-refractivity contribution in [2.24, 2.45) is 0 Å². The number of rotatable bonds is 5. The number of carbonyl (C=O) groups is 1. The predicted molar refractivity (Wildman–Crippen MR) is 122 cm³/mol. The van der Waals surface area contributed by atoms with E-state index in [1.165, 1.54) is 11.1 Å². The number of nitrogens with one attached hydrogen (secondary N) is 1. The second-order valence-electron chi connectivity index (χ2n) is 7.60. The normalized spacial score (nSPS) is 11.2. The Labute approximate surface area is 180 Å². The Kier molecular flexibility index (Phi) is 5.60. The summed E-state index contributed by atoms with van der Waals surface area (Å²) in [6, 6.07) is 18.9. The molecule has 30 heavy (non-hydrogen) atoms. The molecule has 0 fully saturated rings. The lowest BCUT2D eigenvalue weighted by Crippen LogP contribution is -2.11. The fourth-order valence-corrected chi connectivity index (χ4v) is 3.48. The van der Waals surface area contributed by atoms with Crippen LogP contribution in [0, 0.1) is 0 Å². The van der Waals surface area contributed by atoms with Crippen molar-refractivity contribution in [1.82, 2.24) is 4.98 Å². The molecule has 4 aromatic rings. The van der Waals surface area contributed by atoms with Crippen LogP contribution >= 0.6 is 11.6 Å². The van der Waals surface area contributed by atoms with Crippen molar-refractivity contribution in [2.45, 2.75) is 33.1 Å². The smallest absolute Gasteiger partial charge is 0.255 e. The summed E-state index contributed by atoms with van der Waals surface area (Å²) in [5.74, 6) is 0.660. The van der Waals surface area contributed by atoms with Crippen LogP contribution in [0.5, 0.6) is 0 Å². The molecule has 0 bridgehead atoms. The largest absolute Gasteiger partial charge is 0.436 e. The summed E-state index contributed by atoms with van der Waals surface area (Å²) in [5.41, 5.74) is 5.75. The summed E-state index contributed by atoms with van der Waals surface area (Å²) in [6.07, 6.45) is 0.936. The van der Waals surface area contributed by atoms with Crippen molar-refractivity contribution in [1.29, 1.82) is 0 Å². The number of carbonyl (C=O) groups excluding carboxylic acids is 1. The van der Waals surface area contributed by atoms with E-state index in [1.54, 1.807) is 18.2 Å². The van der Waals surface area contributed by atoms with Crippen LogP contribution in [-0.2, 0) is 6.42 Å². The Balaban J connectivity index is 1.63. The molecule has 0 radical (unpaired) electrons. The van der Waals surface area contributed by atoms with Crippen molar-refractivity contribution in [3.05, 3.63) is 82.4 Å². The minimum absolute atomic E-state index is 0.176. The maximum Gasteiger partial charge on any atom is 0.255 e. The highest BCUT2D eigenvalue weighted by molar-refractivity contribution is 6.33. The van der Waals surface area contributed by atoms with E-state index in [0.29, 0.717) is 39.2 Å². The fourth-order valence-electron chi connectivity index (χ4n) is 3.28. The number of aromatic nitrogens is 1. The lowest BCUT2D eigenvalue weighted by atomic mass is 10.0. The van der Waals surface area contributed by atoms with Gasteiger partial charge in [-0.05, 0) is 65.9 Å². The van der Waals surface area contributed by atoms with Crippen LogP contribution in [0.1, 0.15) is 48.2 Å². The maximum atomic E-state index is 12.6. The van der Waals surface area contributed by atoms with E-state index in [2.05, 4.69) is 31.1 Å². The summed E-state index contributed by atoms with van der Waals surface area (Å²) < 4.78 is 5.93. The summed E-state index contributed by atoms with van der Waals surface area (Å²) in [6.45, 7) is 6.36. The van der Waals surface area contributed by atoms with Crippen LogP contribution in [0.2, 0.25) is 5.02 Å². The van der Waals surface area contributed by atoms with Gasteiger partial charge in [-0.3, -0.25) is 4.79 Å². The molecule has 5 heteroatoms. The van der Waals surface area contributed by atoms with Crippen molar-refractivity contribution >= 4 is 34.3 Å². The molecule has 4 rings (SSSR count). The number of nitrogens with zero attached hydrogens (tertiary/aromatic N) is 1. The summed E-state index contributed by atoms with van der Waals surface area (Å²) in [7, 11) is 0. The van der Waals surface area contributed by atoms with E-state index in [4.69, 9.17) is 16.0 Å². The first kappa shape index (κ1) is 20.2. The molecular weight excluding hydrogens is 396 g/mol. The van der Waals surface area contributed by atoms with E-state index in [0.717, 1.165) is 11.9 Å². The third-order valence-electron chi connectivity index (χ3n) is 5.16. The second-order valence-corrected chi connectivity index (χ2v) is 8.01. The molecule has 4 nitrogen and oxygen atoms in total. The molecule has 3 aromatic carbocycles. The van der Waals surface area contributed by atoms with Crippen LogP contribution in [0.15, 0.2) is 65.1 Å². The Morgan fingerprint density at radius 2 is 1.83 bits per heavy atom. The van der Waals surface area contributed by atoms with Crippen LogP contribution in [-0.4, -0.2) is 10.9 Å². The number of hydrogen-bond acceptors (Lipinski definition) is 3. The van der Waals surface area contributed by atoms with E-state index in [1.807, 2.05) is 42.5 Å². The van der Waals surface area contributed by atoms with Crippen LogP contribution in [0.4, 0.5) is 5.69 Å². The molecule has 152 valence electrons. The lowest BCUT2D eigenvalue weighted by Gasteiger charge is -2.08. The highest BCUT2D eigenvalue weighted by atomic mass is 35.5. The standard InChI is InChI=1S/C25H23ClN2O2/c1-4-16-5-7-17(8-6-16)24(29)27-19-10-11-21(26)20(14-19)25-28-22-13-18(15(2)3)9-12-23(22)30-25/h5-15H,4H2,1-3H3,(H,27,29). The Morgan fingerprint density at radius 1 is 1.07 bits per heavy atom. The molecule has 0 aliphatic carbocycles. The van der Waals surface area contributed by atoms with Gasteiger partial charge in [0.15, 0.2) is 5.58 Å². The first-order valence-electron chi connectivity index (χ1n) is 10.1. The molecule has 0 unspecified atom stereocenters. The number of anilines is 1. The summed E-state index contributed by atoms with van der Waals surface area (Å²) >= 11 is 6.41. The third-order valence-corrected chi connectivity index (χ3v) is 5.49. The van der Waals surface area contributed by atoms with Gasteiger partial charge >= 0.3 is 0 Å². The van der Waals surface area contributed by atoms with Gasteiger partial charge in [-0.25, -0.2) is 4.98 Å². The molecule has 0 aliphatic heterocycles. The third kappa shape index (κ3) is 4.10. The summed E-state index contributed by atoms with van der Waals surface area (Å²) in [5, 5.41) is 3.43. The number of aryl methyl sites for hydroxylation is 1. The van der Waals surface area contributed by atoms with Gasteiger partial charge in [0.25, 0.3) is 5.91 Å². The van der Waals surface area contributed by atoms with Crippen molar-refractivity contribution in [2.75, 3.05) is 5.32 Å². The second kappa shape index (κ2) is 8.33. The molecule has 0 spiro atoms. The summed E-state index contributed by atoms with van der Waals surface area (Å²) in [4.78, 5) is 17.2. The van der Waals surface area contributed by atoms with Crippen molar-refractivity contribution in [3.63, 3.8) is 0 Å². The SMILES string of the molecule is CCc1ccc(C(=O)Nc2ccc(Cl)c(-c3nc4cc(C(C)C)ccc4o3)c2)cc1. The quantitative estimate of drug-likeness (QED) is 0.376. The molecule has 1 N–H and O–H groups in total. The van der Waals surface area contributed by atoms with Crippen molar-refractivity contribution in [3.8, 4) is 11.5 Å². The van der Waals surface area contributed by atoms with E-state index < -0.39 is 0 Å². The van der Waals surface area contributed by atoms with Gasteiger partial charge in [-0.15, -0.1) is 0 Å². The molecular formula is C25H23ClN2O2. The lowest BCUT2D eigenvalue weighted by molar-refractivity contribution is 0.102. The number of hydrogen-bond donors (Lipinski definition) is 1. The van der Waals surface area contributed by atoms with Gasteiger partial charge < -0.3 is 9.73 Å². The zero-order valence-electron chi connectivity index (χ0n) is 17.2. The van der Waals surface area contributed by atoms with Crippen LogP contribution in [0.3, 0.4) is 0 Å². The number of halogens is 1. The molecule has 0 aliphatic rings. The minimum atomic E-state index is -0.176. The van der Waals surface area contributed by atoms with Gasteiger partial charge in [-0.2, -0.15) is 0 Å². The highest BCUT2D eigenvalue weighted by Gasteiger charge is 2.15. The Hall–Kier alpha value is -3.11. The molecule has 1 heterocycles. The number of amides is 1. The molecule has 1 aromatic heterocycles. The predicted octanol–water partition coefficient (Wildman–Crippen LogP) is 7.09. The number of fused-ring (bicyclic) bond motifs is 1. The average molecular weight is 419 g/mol. The Bertz CT molecular complexity index is 1210. The minimum Gasteiger partial charge on any atom is -0.436 e. The van der Waals surface area contributed by atoms with Gasteiger partial charge in [0.1, 0.15) is 5.52 Å². The first-order valence-corrected chi connectivity index (χ1v) is 10.4. The van der Waals surface area contributed by atoms with Gasteiger partial charge in [0, 0.05) is 11.3 Å². The van der Waals surface area contributed by atoms with Crippen LogP contribution in [0.25, 0.3) is 22.6 Å². The van der Waals surface area contributed by atoms with Gasteiger partial charge in [-0.1, -0.05) is 50.6 Å². The molecule has 0 saturated heterocycles. The maximum absolute atomic E-state index is 12.6. The van der Waals surface area contributed by atoms with Crippen LogP contribution < -0.4 is 5.32 Å². The number of benzene rings is 3. The monoisotopic (exact) mass is 418 g/mol. The first-order chi connectivity index (χ1) is 14.4. The van der Waals surface area contributed by atoms with Gasteiger partial charge in [0.2, 0.25) is 5.89 Å². The topological polar surface area (TPSA) is 55.1 Å². The average Bonchev–Trinajstić information content (AvgIpc) is 3.18. The molecule has 0 atom stereocenters. The van der Waals surface area contributed by atoms with E-state index in [-0.39, 0.29) is 5.91 Å². The zero-order chi connectivity index (χ0) is 21.3. The molecule has 1 amide bonds. The number of oxazole rings is 1. The molecule has 0 saturated carbocycles. The zero-order valence-corrected chi connectivity index (χ0v) is 18.0. The van der Waals surface area contributed by atoms with E-state index in [9.17, 15) is 4.79 Å². The highest BCUT2D eigenvalue weighted by Crippen LogP contribution is 2.33. The van der Waals surface area contributed by atoms with E-state index >= 15 is 0 Å². The van der Waals surface area contributed by atoms with Gasteiger partial charge in [0.05, 0.1) is 10.6 Å².